The molecular formula is C19H39IN4. The van der Waals surface area contributed by atoms with E-state index in [9.17, 15) is 0 Å². The van der Waals surface area contributed by atoms with Crippen molar-refractivity contribution in [2.45, 2.75) is 64.8 Å². The number of aliphatic imine (C=N–C) groups is 1. The van der Waals surface area contributed by atoms with Crippen molar-refractivity contribution in [2.24, 2.45) is 4.99 Å². The van der Waals surface area contributed by atoms with E-state index in [1.807, 2.05) is 6.08 Å². The summed E-state index contributed by atoms with van der Waals surface area (Å²) in [6.07, 6.45) is 10.8. The quantitative estimate of drug-likeness (QED) is 0.179. The van der Waals surface area contributed by atoms with Crippen LogP contribution in [0, 0.1) is 0 Å². The molecule has 1 aliphatic rings. The summed E-state index contributed by atoms with van der Waals surface area (Å²) in [6.45, 7) is 13.7. The van der Waals surface area contributed by atoms with Crippen LogP contribution < -0.4 is 5.32 Å². The summed E-state index contributed by atoms with van der Waals surface area (Å²) < 4.78 is 0. The van der Waals surface area contributed by atoms with E-state index in [1.165, 1.54) is 45.2 Å². The zero-order valence-corrected chi connectivity index (χ0v) is 18.4. The van der Waals surface area contributed by atoms with Crippen LogP contribution in [0.25, 0.3) is 0 Å². The fourth-order valence-corrected chi connectivity index (χ4v) is 3.15. The number of piperidine rings is 1. The molecule has 0 saturated carbocycles. The third kappa shape index (κ3) is 9.87. The van der Waals surface area contributed by atoms with Gasteiger partial charge in [-0.2, -0.15) is 0 Å². The molecule has 0 aromatic carbocycles. The molecule has 142 valence electrons. The summed E-state index contributed by atoms with van der Waals surface area (Å²) in [6, 6.07) is 0.778. The highest BCUT2D eigenvalue weighted by atomic mass is 127. The molecule has 1 aliphatic heterocycles. The summed E-state index contributed by atoms with van der Waals surface area (Å²) in [7, 11) is 2.12. The fourth-order valence-electron chi connectivity index (χ4n) is 3.15. The van der Waals surface area contributed by atoms with Gasteiger partial charge in [0.1, 0.15) is 0 Å². The molecule has 1 fully saturated rings. The van der Waals surface area contributed by atoms with E-state index in [0.29, 0.717) is 0 Å². The van der Waals surface area contributed by atoms with Gasteiger partial charge in [-0.3, -0.25) is 4.99 Å². The topological polar surface area (TPSA) is 30.9 Å². The minimum absolute atomic E-state index is 0. The zero-order chi connectivity index (χ0) is 16.9. The molecule has 24 heavy (non-hydrogen) atoms. The van der Waals surface area contributed by atoms with Crippen LogP contribution in [0.15, 0.2) is 17.6 Å². The van der Waals surface area contributed by atoms with Crippen LogP contribution in [0.3, 0.4) is 0 Å². The highest BCUT2D eigenvalue weighted by Gasteiger charge is 2.16. The van der Waals surface area contributed by atoms with Gasteiger partial charge in [-0.1, -0.05) is 12.5 Å². The van der Waals surface area contributed by atoms with Crippen molar-refractivity contribution < 1.29 is 0 Å². The number of guanidine groups is 1. The Balaban J connectivity index is 0.00000529. The lowest BCUT2D eigenvalue weighted by atomic mass is 10.0. The van der Waals surface area contributed by atoms with Gasteiger partial charge in [0.05, 0.1) is 0 Å². The Morgan fingerprint density at radius 2 is 2.12 bits per heavy atom. The molecule has 1 saturated heterocycles. The van der Waals surface area contributed by atoms with Gasteiger partial charge in [-0.05, 0) is 65.5 Å². The first kappa shape index (κ1) is 23.7. The highest BCUT2D eigenvalue weighted by Crippen LogP contribution is 2.16. The first-order valence-electron chi connectivity index (χ1n) is 9.53. The van der Waals surface area contributed by atoms with Crippen molar-refractivity contribution in [1.29, 1.82) is 0 Å². The molecule has 1 atom stereocenters. The molecule has 1 unspecified atom stereocenters. The summed E-state index contributed by atoms with van der Waals surface area (Å²) in [5.41, 5.74) is 0. The second kappa shape index (κ2) is 15.0. The van der Waals surface area contributed by atoms with Crippen LogP contribution >= 0.6 is 24.0 Å². The van der Waals surface area contributed by atoms with E-state index in [1.54, 1.807) is 0 Å². The molecule has 0 aliphatic carbocycles. The van der Waals surface area contributed by atoms with Gasteiger partial charge in [-0.15, -0.1) is 30.6 Å². The van der Waals surface area contributed by atoms with Crippen LogP contribution in [0.4, 0.5) is 0 Å². The first-order chi connectivity index (χ1) is 11.2. The summed E-state index contributed by atoms with van der Waals surface area (Å²) in [5, 5.41) is 3.40. The second-order valence-electron chi connectivity index (χ2n) is 6.68. The molecule has 1 N–H and O–H groups in total. The summed E-state index contributed by atoms with van der Waals surface area (Å²) >= 11 is 0. The van der Waals surface area contributed by atoms with E-state index < -0.39 is 0 Å². The summed E-state index contributed by atoms with van der Waals surface area (Å²) in [4.78, 5) is 9.67. The van der Waals surface area contributed by atoms with Gasteiger partial charge in [0.15, 0.2) is 5.96 Å². The van der Waals surface area contributed by atoms with Gasteiger partial charge in [0.2, 0.25) is 0 Å². The van der Waals surface area contributed by atoms with E-state index in [4.69, 9.17) is 4.99 Å². The third-order valence-electron chi connectivity index (χ3n) is 4.65. The van der Waals surface area contributed by atoms with Crippen LogP contribution in [-0.2, 0) is 0 Å². The van der Waals surface area contributed by atoms with Crippen LogP contribution in [-0.4, -0.2) is 61.6 Å². The Morgan fingerprint density at radius 3 is 2.79 bits per heavy atom. The number of halogens is 1. The molecule has 1 rings (SSSR count). The van der Waals surface area contributed by atoms with E-state index in [0.717, 1.165) is 44.5 Å². The monoisotopic (exact) mass is 450 g/mol. The average molecular weight is 450 g/mol. The van der Waals surface area contributed by atoms with E-state index >= 15 is 0 Å². The normalized spacial score (nSPS) is 18.8. The maximum absolute atomic E-state index is 4.78. The maximum Gasteiger partial charge on any atom is 0.193 e. The lowest BCUT2D eigenvalue weighted by molar-refractivity contribution is 0.158. The lowest BCUT2D eigenvalue weighted by Gasteiger charge is -2.33. The smallest absolute Gasteiger partial charge is 0.193 e. The lowest BCUT2D eigenvalue weighted by Crippen LogP contribution is -2.39. The standard InChI is InChI=1S/C19H38N4.HI/c1-5-7-10-15-22(4)19(20-6-2)21-14-9-12-17-23-16-11-8-13-18(23)3;/h5,18H,1,6-17H2,2-4H3,(H,20,21);1H. The molecule has 0 aromatic rings. The van der Waals surface area contributed by atoms with Crippen molar-refractivity contribution in [3.05, 3.63) is 12.7 Å². The van der Waals surface area contributed by atoms with E-state index in [-0.39, 0.29) is 24.0 Å². The molecule has 0 radical (unpaired) electrons. The number of unbranched alkanes of at least 4 members (excludes halogenated alkanes) is 2. The molecule has 4 nitrogen and oxygen atoms in total. The first-order valence-corrected chi connectivity index (χ1v) is 9.53. The van der Waals surface area contributed by atoms with Crippen molar-refractivity contribution in [1.82, 2.24) is 15.1 Å². The fraction of sp³-hybridized carbons (Fsp3) is 0.842. The number of nitrogens with one attached hydrogen (secondary N) is 1. The van der Waals surface area contributed by atoms with Gasteiger partial charge >= 0.3 is 0 Å². The predicted molar refractivity (Wildman–Crippen MR) is 118 cm³/mol. The number of hydrogen-bond donors (Lipinski definition) is 1. The summed E-state index contributed by atoms with van der Waals surface area (Å²) in [5.74, 6) is 1.04. The Hall–Kier alpha value is -0.300. The number of rotatable bonds is 10. The SMILES string of the molecule is C=CCCCN(C)C(=NCCCCN1CCCCC1C)NCC.I. The third-order valence-corrected chi connectivity index (χ3v) is 4.65. The zero-order valence-electron chi connectivity index (χ0n) is 16.1. The minimum atomic E-state index is 0. The number of likely N-dealkylation sites (tertiary alicyclic amines) is 1. The molecule has 0 aromatic heterocycles. The molecule has 0 spiro atoms. The molecule has 0 amide bonds. The van der Waals surface area contributed by atoms with Gasteiger partial charge in [-0.25, -0.2) is 0 Å². The largest absolute Gasteiger partial charge is 0.357 e. The number of hydrogen-bond acceptors (Lipinski definition) is 2. The number of allylic oxidation sites excluding steroid dienone is 1. The second-order valence-corrected chi connectivity index (χ2v) is 6.68. The van der Waals surface area contributed by atoms with E-state index in [2.05, 4.69) is 42.6 Å². The molecule has 1 heterocycles. The number of nitrogens with zero attached hydrogens (tertiary/aromatic N) is 3. The molecule has 0 bridgehead atoms. The predicted octanol–water partition coefficient (Wildman–Crippen LogP) is 4.12. The van der Waals surface area contributed by atoms with Crippen molar-refractivity contribution in [3.8, 4) is 0 Å². The molecular weight excluding hydrogens is 411 g/mol. The van der Waals surface area contributed by atoms with Gasteiger partial charge in [0, 0.05) is 32.7 Å². The van der Waals surface area contributed by atoms with Crippen molar-refractivity contribution >= 4 is 29.9 Å². The van der Waals surface area contributed by atoms with Gasteiger partial charge in [0.25, 0.3) is 0 Å². The van der Waals surface area contributed by atoms with Crippen LogP contribution in [0.1, 0.15) is 58.8 Å². The van der Waals surface area contributed by atoms with Crippen LogP contribution in [0.5, 0.6) is 0 Å². The Kier molecular flexibility index (Phi) is 14.8. The maximum atomic E-state index is 4.78. The highest BCUT2D eigenvalue weighted by molar-refractivity contribution is 14.0. The minimum Gasteiger partial charge on any atom is -0.357 e. The Morgan fingerprint density at radius 1 is 1.33 bits per heavy atom. The van der Waals surface area contributed by atoms with Crippen molar-refractivity contribution in [2.75, 3.05) is 39.8 Å². The van der Waals surface area contributed by atoms with Gasteiger partial charge < -0.3 is 15.1 Å². The Labute approximate surface area is 167 Å². The Bertz CT molecular complexity index is 346. The molecule has 5 heteroatoms. The average Bonchev–Trinajstić information content (AvgIpc) is 2.55. The van der Waals surface area contributed by atoms with Crippen LogP contribution in [0.2, 0.25) is 0 Å². The van der Waals surface area contributed by atoms with Crippen molar-refractivity contribution in [3.63, 3.8) is 0 Å².